The molecule has 2 heterocycles. The van der Waals surface area contributed by atoms with Crippen LogP contribution in [0.25, 0.3) is 0 Å². The Balaban J connectivity index is 2.12. The first-order valence-corrected chi connectivity index (χ1v) is 8.68. The van der Waals surface area contributed by atoms with Gasteiger partial charge in [0.05, 0.1) is 5.01 Å². The van der Waals surface area contributed by atoms with Crippen molar-refractivity contribution in [2.75, 3.05) is 6.54 Å². The van der Waals surface area contributed by atoms with Gasteiger partial charge in [-0.3, -0.25) is 0 Å². The smallest absolute Gasteiger partial charge is 0.0947 e. The third kappa shape index (κ3) is 3.63. The van der Waals surface area contributed by atoms with Crippen molar-refractivity contribution < 1.29 is 0 Å². The molecule has 2 aromatic heterocycles. The number of aromatic nitrogens is 1. The van der Waals surface area contributed by atoms with Crippen molar-refractivity contribution in [1.82, 2.24) is 10.3 Å². The maximum atomic E-state index is 4.56. The molecule has 5 heteroatoms. The van der Waals surface area contributed by atoms with Gasteiger partial charge in [-0.1, -0.05) is 6.92 Å². The van der Waals surface area contributed by atoms with Crippen molar-refractivity contribution >= 4 is 38.6 Å². The highest BCUT2D eigenvalue weighted by Gasteiger charge is 2.16. The second-order valence-electron chi connectivity index (χ2n) is 4.27. The molecule has 18 heavy (non-hydrogen) atoms. The van der Waals surface area contributed by atoms with E-state index in [9.17, 15) is 0 Å². The van der Waals surface area contributed by atoms with Gasteiger partial charge in [-0.2, -0.15) is 11.3 Å². The SMILES string of the molecule is CCCNC(Cc1nc(C)cs1)c1cscc1Br. The average molecular weight is 345 g/mol. The largest absolute Gasteiger partial charge is 0.310 e. The third-order valence-corrected chi connectivity index (χ3v) is 5.44. The van der Waals surface area contributed by atoms with Gasteiger partial charge < -0.3 is 5.32 Å². The fourth-order valence-electron chi connectivity index (χ4n) is 1.82. The minimum atomic E-state index is 0.358. The molecule has 1 unspecified atom stereocenters. The Morgan fingerprint density at radius 1 is 1.39 bits per heavy atom. The van der Waals surface area contributed by atoms with Gasteiger partial charge in [0.2, 0.25) is 0 Å². The summed E-state index contributed by atoms with van der Waals surface area (Å²) in [4.78, 5) is 4.56. The fraction of sp³-hybridized carbons (Fsp3) is 0.462. The molecule has 0 saturated heterocycles. The second kappa shape index (κ2) is 6.80. The van der Waals surface area contributed by atoms with Crippen LogP contribution in [0.4, 0.5) is 0 Å². The van der Waals surface area contributed by atoms with Crippen LogP contribution in [0.2, 0.25) is 0 Å². The number of aryl methyl sites for hydroxylation is 1. The van der Waals surface area contributed by atoms with Gasteiger partial charge in [0.1, 0.15) is 0 Å². The Morgan fingerprint density at radius 2 is 2.22 bits per heavy atom. The second-order valence-corrected chi connectivity index (χ2v) is 6.81. The van der Waals surface area contributed by atoms with Gasteiger partial charge in [-0.15, -0.1) is 11.3 Å². The van der Waals surface area contributed by atoms with E-state index >= 15 is 0 Å². The number of nitrogens with one attached hydrogen (secondary N) is 1. The molecular weight excluding hydrogens is 328 g/mol. The number of thiophene rings is 1. The van der Waals surface area contributed by atoms with Crippen molar-refractivity contribution in [3.63, 3.8) is 0 Å². The van der Waals surface area contributed by atoms with E-state index in [-0.39, 0.29) is 0 Å². The standard InChI is InChI=1S/C13H17BrN2S2/c1-3-4-15-12(10-7-17-8-11(10)14)5-13-16-9(2)6-18-13/h6-8,12,15H,3-5H2,1-2H3. The lowest BCUT2D eigenvalue weighted by Crippen LogP contribution is -2.24. The topological polar surface area (TPSA) is 24.9 Å². The Hall–Kier alpha value is -0.230. The zero-order chi connectivity index (χ0) is 13.0. The maximum absolute atomic E-state index is 4.56. The molecule has 98 valence electrons. The van der Waals surface area contributed by atoms with E-state index in [0.29, 0.717) is 6.04 Å². The molecule has 0 aliphatic heterocycles. The minimum Gasteiger partial charge on any atom is -0.310 e. The zero-order valence-corrected chi connectivity index (χ0v) is 13.8. The minimum absolute atomic E-state index is 0.358. The highest BCUT2D eigenvalue weighted by atomic mass is 79.9. The van der Waals surface area contributed by atoms with Crippen LogP contribution in [0.15, 0.2) is 20.6 Å². The summed E-state index contributed by atoms with van der Waals surface area (Å²) in [7, 11) is 0. The Bertz CT molecular complexity index is 493. The zero-order valence-electron chi connectivity index (χ0n) is 10.6. The van der Waals surface area contributed by atoms with E-state index in [2.05, 4.69) is 56.2 Å². The monoisotopic (exact) mass is 344 g/mol. The highest BCUT2D eigenvalue weighted by Crippen LogP contribution is 2.30. The van der Waals surface area contributed by atoms with Crippen LogP contribution in [0.5, 0.6) is 0 Å². The summed E-state index contributed by atoms with van der Waals surface area (Å²) >= 11 is 7.12. The van der Waals surface area contributed by atoms with Crippen molar-refractivity contribution in [2.45, 2.75) is 32.7 Å². The van der Waals surface area contributed by atoms with Crippen LogP contribution in [0, 0.1) is 6.92 Å². The van der Waals surface area contributed by atoms with Crippen molar-refractivity contribution in [1.29, 1.82) is 0 Å². The van der Waals surface area contributed by atoms with E-state index in [1.54, 1.807) is 22.7 Å². The molecule has 1 N–H and O–H groups in total. The first kappa shape index (κ1) is 14.2. The number of halogens is 1. The summed E-state index contributed by atoms with van der Waals surface area (Å²) in [5.74, 6) is 0. The molecule has 0 bridgehead atoms. The van der Waals surface area contributed by atoms with Crippen LogP contribution in [-0.4, -0.2) is 11.5 Å². The van der Waals surface area contributed by atoms with Gasteiger partial charge in [0, 0.05) is 33.4 Å². The molecule has 0 aliphatic rings. The van der Waals surface area contributed by atoms with Crippen LogP contribution in [0.1, 0.15) is 35.7 Å². The predicted molar refractivity (Wildman–Crippen MR) is 83.6 cm³/mol. The van der Waals surface area contributed by atoms with E-state index < -0.39 is 0 Å². The molecule has 0 amide bonds. The third-order valence-electron chi connectivity index (χ3n) is 2.70. The Labute approximate surface area is 125 Å². The molecule has 1 atom stereocenters. The van der Waals surface area contributed by atoms with Crippen LogP contribution in [0.3, 0.4) is 0 Å². The normalized spacial score (nSPS) is 12.8. The lowest BCUT2D eigenvalue weighted by atomic mass is 10.1. The fourth-order valence-corrected chi connectivity index (χ4v) is 4.27. The molecular formula is C13H17BrN2S2. The summed E-state index contributed by atoms with van der Waals surface area (Å²) in [6, 6.07) is 0.358. The molecule has 0 radical (unpaired) electrons. The predicted octanol–water partition coefficient (Wildman–Crippen LogP) is 4.56. The lowest BCUT2D eigenvalue weighted by Gasteiger charge is -2.17. The highest BCUT2D eigenvalue weighted by molar-refractivity contribution is 9.10. The summed E-state index contributed by atoms with van der Waals surface area (Å²) < 4.78 is 1.20. The summed E-state index contributed by atoms with van der Waals surface area (Å²) in [5.41, 5.74) is 2.47. The molecule has 0 fully saturated rings. The van der Waals surface area contributed by atoms with Gasteiger partial charge in [0.15, 0.2) is 0 Å². The number of rotatable bonds is 6. The van der Waals surface area contributed by atoms with E-state index in [4.69, 9.17) is 0 Å². The van der Waals surface area contributed by atoms with Gasteiger partial charge in [0.25, 0.3) is 0 Å². The van der Waals surface area contributed by atoms with Crippen LogP contribution >= 0.6 is 38.6 Å². The molecule has 2 aromatic rings. The van der Waals surface area contributed by atoms with Crippen LogP contribution in [-0.2, 0) is 6.42 Å². The average Bonchev–Trinajstić information content (AvgIpc) is 2.93. The number of thiazole rings is 1. The van der Waals surface area contributed by atoms with Gasteiger partial charge in [-0.25, -0.2) is 4.98 Å². The summed E-state index contributed by atoms with van der Waals surface area (Å²) in [6.07, 6.45) is 2.11. The lowest BCUT2D eigenvalue weighted by molar-refractivity contribution is 0.528. The van der Waals surface area contributed by atoms with Crippen molar-refractivity contribution in [3.8, 4) is 0 Å². The molecule has 0 saturated carbocycles. The number of nitrogens with zero attached hydrogens (tertiary/aromatic N) is 1. The Morgan fingerprint density at radius 3 is 2.78 bits per heavy atom. The van der Waals surface area contributed by atoms with E-state index in [1.165, 1.54) is 15.0 Å². The quantitative estimate of drug-likeness (QED) is 0.830. The Kier molecular flexibility index (Phi) is 5.36. The molecule has 0 spiro atoms. The maximum Gasteiger partial charge on any atom is 0.0947 e. The molecule has 2 nitrogen and oxygen atoms in total. The van der Waals surface area contributed by atoms with Gasteiger partial charge >= 0.3 is 0 Å². The number of hydrogen-bond acceptors (Lipinski definition) is 4. The number of hydrogen-bond donors (Lipinski definition) is 1. The van der Waals surface area contributed by atoms with Crippen molar-refractivity contribution in [2.24, 2.45) is 0 Å². The first-order chi connectivity index (χ1) is 8.70. The van der Waals surface area contributed by atoms with E-state index in [0.717, 1.165) is 25.1 Å². The van der Waals surface area contributed by atoms with Crippen LogP contribution < -0.4 is 5.32 Å². The van der Waals surface area contributed by atoms with Crippen molar-refractivity contribution in [3.05, 3.63) is 36.9 Å². The molecule has 0 aliphatic carbocycles. The summed E-state index contributed by atoms with van der Waals surface area (Å²) in [5, 5.41) is 11.3. The molecule has 0 aromatic carbocycles. The summed E-state index contributed by atoms with van der Waals surface area (Å²) in [6.45, 7) is 5.28. The van der Waals surface area contributed by atoms with E-state index in [1.807, 2.05) is 0 Å². The van der Waals surface area contributed by atoms with Gasteiger partial charge in [-0.05, 0) is 46.8 Å². The molecule has 2 rings (SSSR count). The first-order valence-electron chi connectivity index (χ1n) is 6.06.